The van der Waals surface area contributed by atoms with E-state index in [2.05, 4.69) is 15.3 Å². The molecule has 192 valence electrons. The van der Waals surface area contributed by atoms with Crippen LogP contribution in [0.3, 0.4) is 0 Å². The molecule has 1 N–H and O–H groups in total. The van der Waals surface area contributed by atoms with Gasteiger partial charge in [-0.3, -0.25) is 19.7 Å². The van der Waals surface area contributed by atoms with Crippen LogP contribution in [0.25, 0.3) is 11.0 Å². The summed E-state index contributed by atoms with van der Waals surface area (Å²) in [6, 6.07) is 1.78. The Hall–Kier alpha value is -3.21. The van der Waals surface area contributed by atoms with E-state index in [0.717, 1.165) is 0 Å². The van der Waals surface area contributed by atoms with Gasteiger partial charge in [0.2, 0.25) is 17.7 Å². The molecule has 3 atom stereocenters. The number of anilines is 1. The van der Waals surface area contributed by atoms with Gasteiger partial charge in [-0.2, -0.15) is 9.97 Å². The van der Waals surface area contributed by atoms with Crippen LogP contribution in [0, 0.1) is 17.8 Å². The number of methoxy groups -OCH3 is 1. The number of aromatic nitrogens is 3. The summed E-state index contributed by atoms with van der Waals surface area (Å²) in [4.78, 5) is 45.3. The third-order valence-electron chi connectivity index (χ3n) is 5.58. The van der Waals surface area contributed by atoms with Crippen molar-refractivity contribution in [3.05, 3.63) is 12.3 Å². The molecular formula is C24H34N4O7. The molecule has 2 aromatic rings. The molecule has 0 saturated carbocycles. The van der Waals surface area contributed by atoms with Crippen LogP contribution in [0.4, 0.5) is 5.95 Å². The molecule has 35 heavy (non-hydrogen) atoms. The molecule has 1 saturated heterocycles. The molecule has 0 radical (unpaired) electrons. The number of hydrogen-bond acceptors (Lipinski definition) is 9. The predicted octanol–water partition coefficient (Wildman–Crippen LogP) is 3.09. The van der Waals surface area contributed by atoms with Crippen molar-refractivity contribution in [2.75, 3.05) is 19.0 Å². The number of carbonyl (C=O) groups excluding carboxylic acids is 3. The van der Waals surface area contributed by atoms with E-state index in [4.69, 9.17) is 18.9 Å². The second-order valence-corrected chi connectivity index (χ2v) is 9.44. The normalized spacial score (nSPS) is 20.0. The van der Waals surface area contributed by atoms with Gasteiger partial charge in [0.05, 0.1) is 24.3 Å². The van der Waals surface area contributed by atoms with Crippen molar-refractivity contribution in [2.24, 2.45) is 17.8 Å². The van der Waals surface area contributed by atoms with Gasteiger partial charge < -0.3 is 23.5 Å². The van der Waals surface area contributed by atoms with Gasteiger partial charge in [-0.05, 0) is 6.07 Å². The van der Waals surface area contributed by atoms with E-state index in [1.54, 1.807) is 58.4 Å². The lowest BCUT2D eigenvalue weighted by molar-refractivity contribution is -0.162. The predicted molar refractivity (Wildman–Crippen MR) is 127 cm³/mol. The summed E-state index contributed by atoms with van der Waals surface area (Å²) in [6.07, 6.45) is 0.271. The molecule has 0 unspecified atom stereocenters. The molecule has 0 bridgehead atoms. The standard InChI is InChI=1S/C24H34N4O7/c1-12(2)20(29)26-24-25-19-15(21(27-24)32-7)8-9-28(19)18-10-16(35-23(31)14(5)6)17(34-18)11-33-22(30)13(3)4/h8-9,12-14,16-18H,10-11H2,1-7H3,(H,25,26,27,29)/t16-,17+,18+/m0/s1. The number of amides is 1. The first kappa shape index (κ1) is 26.4. The quantitative estimate of drug-likeness (QED) is 0.527. The Labute approximate surface area is 204 Å². The third-order valence-corrected chi connectivity index (χ3v) is 5.58. The summed E-state index contributed by atoms with van der Waals surface area (Å²) in [6.45, 7) is 10.5. The fourth-order valence-corrected chi connectivity index (χ4v) is 3.47. The number of hydrogen-bond donors (Lipinski definition) is 1. The van der Waals surface area contributed by atoms with Crippen molar-refractivity contribution in [3.63, 3.8) is 0 Å². The molecule has 11 nitrogen and oxygen atoms in total. The number of esters is 2. The summed E-state index contributed by atoms with van der Waals surface area (Å²) < 4.78 is 24.4. The number of rotatable bonds is 9. The minimum Gasteiger partial charge on any atom is -0.480 e. The van der Waals surface area contributed by atoms with Gasteiger partial charge in [0.25, 0.3) is 0 Å². The Bertz CT molecular complexity index is 1080. The van der Waals surface area contributed by atoms with E-state index in [9.17, 15) is 14.4 Å². The fourth-order valence-electron chi connectivity index (χ4n) is 3.47. The molecule has 1 amide bonds. The molecule has 1 fully saturated rings. The molecule has 1 aliphatic heterocycles. The second kappa shape index (κ2) is 11.0. The number of ether oxygens (including phenoxy) is 4. The minimum atomic E-state index is -0.647. The molecule has 3 rings (SSSR count). The Kier molecular flexibility index (Phi) is 8.31. The van der Waals surface area contributed by atoms with E-state index >= 15 is 0 Å². The lowest BCUT2D eigenvalue weighted by Gasteiger charge is -2.20. The zero-order chi connectivity index (χ0) is 25.9. The van der Waals surface area contributed by atoms with Crippen LogP contribution in [-0.4, -0.2) is 58.3 Å². The first-order valence-corrected chi connectivity index (χ1v) is 11.8. The lowest BCUT2D eigenvalue weighted by atomic mass is 10.1. The Morgan fingerprint density at radius 3 is 2.37 bits per heavy atom. The molecule has 2 aromatic heterocycles. The molecule has 0 spiro atoms. The highest BCUT2D eigenvalue weighted by atomic mass is 16.6. The van der Waals surface area contributed by atoms with Crippen LogP contribution >= 0.6 is 0 Å². The smallest absolute Gasteiger partial charge is 0.308 e. The van der Waals surface area contributed by atoms with Crippen LogP contribution in [0.1, 0.15) is 54.2 Å². The fraction of sp³-hybridized carbons (Fsp3) is 0.625. The maximum atomic E-state index is 12.3. The van der Waals surface area contributed by atoms with Crippen molar-refractivity contribution < 1.29 is 33.3 Å². The number of carbonyl (C=O) groups is 3. The maximum Gasteiger partial charge on any atom is 0.308 e. The summed E-state index contributed by atoms with van der Waals surface area (Å²) >= 11 is 0. The number of fused-ring (bicyclic) bond motifs is 1. The van der Waals surface area contributed by atoms with E-state index in [1.807, 2.05) is 0 Å². The second-order valence-electron chi connectivity index (χ2n) is 9.44. The van der Waals surface area contributed by atoms with E-state index in [-0.39, 0.29) is 48.2 Å². The van der Waals surface area contributed by atoms with Crippen LogP contribution in [0.2, 0.25) is 0 Å². The number of nitrogens with one attached hydrogen (secondary N) is 1. The van der Waals surface area contributed by atoms with Gasteiger partial charge in [0, 0.05) is 18.5 Å². The topological polar surface area (TPSA) is 131 Å². The first-order chi connectivity index (χ1) is 16.5. The first-order valence-electron chi connectivity index (χ1n) is 11.8. The van der Waals surface area contributed by atoms with Crippen LogP contribution in [0.5, 0.6) is 5.88 Å². The largest absolute Gasteiger partial charge is 0.480 e. The lowest BCUT2D eigenvalue weighted by Crippen LogP contribution is -2.33. The van der Waals surface area contributed by atoms with Crippen molar-refractivity contribution in [2.45, 2.75) is 66.4 Å². The summed E-state index contributed by atoms with van der Waals surface area (Å²) in [7, 11) is 1.49. The van der Waals surface area contributed by atoms with Crippen molar-refractivity contribution in [1.29, 1.82) is 0 Å². The Morgan fingerprint density at radius 2 is 1.77 bits per heavy atom. The van der Waals surface area contributed by atoms with Gasteiger partial charge in [-0.25, -0.2) is 0 Å². The molecular weight excluding hydrogens is 456 g/mol. The van der Waals surface area contributed by atoms with Gasteiger partial charge in [0.1, 0.15) is 25.0 Å². The zero-order valence-corrected chi connectivity index (χ0v) is 21.2. The average Bonchev–Trinajstić information content (AvgIpc) is 3.40. The average molecular weight is 491 g/mol. The van der Waals surface area contributed by atoms with Crippen molar-refractivity contribution in [1.82, 2.24) is 14.5 Å². The zero-order valence-electron chi connectivity index (χ0n) is 21.2. The number of nitrogens with zero attached hydrogens (tertiary/aromatic N) is 3. The Balaban J connectivity index is 1.91. The van der Waals surface area contributed by atoms with Crippen molar-refractivity contribution >= 4 is 34.8 Å². The highest BCUT2D eigenvalue weighted by molar-refractivity contribution is 5.92. The summed E-state index contributed by atoms with van der Waals surface area (Å²) in [5, 5.41) is 3.32. The van der Waals surface area contributed by atoms with E-state index in [0.29, 0.717) is 23.3 Å². The maximum absolute atomic E-state index is 12.3. The SMILES string of the molecule is COc1nc(NC(=O)C(C)C)nc2c1ccn2[C@H]1C[C@H](OC(=O)C(C)C)[C@@H](COC(=O)C(C)C)O1. The van der Waals surface area contributed by atoms with E-state index < -0.39 is 18.4 Å². The van der Waals surface area contributed by atoms with Gasteiger partial charge >= 0.3 is 11.9 Å². The minimum absolute atomic E-state index is 0.0449. The van der Waals surface area contributed by atoms with Gasteiger partial charge in [-0.1, -0.05) is 41.5 Å². The van der Waals surface area contributed by atoms with Gasteiger partial charge in [-0.15, -0.1) is 0 Å². The van der Waals surface area contributed by atoms with Crippen LogP contribution in [0.15, 0.2) is 12.3 Å². The molecule has 0 aromatic carbocycles. The third kappa shape index (κ3) is 6.08. The highest BCUT2D eigenvalue weighted by Crippen LogP contribution is 2.35. The van der Waals surface area contributed by atoms with Crippen molar-refractivity contribution in [3.8, 4) is 5.88 Å². The monoisotopic (exact) mass is 490 g/mol. The highest BCUT2D eigenvalue weighted by Gasteiger charge is 2.40. The van der Waals surface area contributed by atoms with Crippen LogP contribution in [-0.2, 0) is 28.6 Å². The molecule has 3 heterocycles. The molecule has 11 heteroatoms. The summed E-state index contributed by atoms with van der Waals surface area (Å²) in [5.41, 5.74) is 0.481. The van der Waals surface area contributed by atoms with E-state index in [1.165, 1.54) is 7.11 Å². The van der Waals surface area contributed by atoms with Gasteiger partial charge in [0.15, 0.2) is 5.65 Å². The van der Waals surface area contributed by atoms with Crippen LogP contribution < -0.4 is 10.1 Å². The summed E-state index contributed by atoms with van der Waals surface area (Å²) in [5.74, 6) is -1.40. The molecule has 1 aliphatic rings. The Morgan fingerprint density at radius 1 is 1.09 bits per heavy atom. The molecule has 0 aliphatic carbocycles.